The van der Waals surface area contributed by atoms with Crippen LogP contribution in [-0.2, 0) is 9.53 Å². The van der Waals surface area contributed by atoms with Gasteiger partial charge in [0.15, 0.2) is 0 Å². The van der Waals surface area contributed by atoms with Crippen molar-refractivity contribution >= 4 is 5.97 Å². The Morgan fingerprint density at radius 3 is 2.43 bits per heavy atom. The molecule has 0 heterocycles. The van der Waals surface area contributed by atoms with Gasteiger partial charge in [-0.3, -0.25) is 4.79 Å². The third-order valence-corrected chi connectivity index (χ3v) is 3.43. The van der Waals surface area contributed by atoms with Crippen LogP contribution in [0.25, 0.3) is 0 Å². The van der Waals surface area contributed by atoms with Gasteiger partial charge in [0.2, 0.25) is 0 Å². The minimum absolute atomic E-state index is 0.135. The first-order valence-corrected chi connectivity index (χ1v) is 4.84. The molecule has 0 saturated heterocycles. The Labute approximate surface area is 84.4 Å². The highest BCUT2D eigenvalue weighted by atomic mass is 16.5. The molecule has 1 fully saturated rings. The van der Waals surface area contributed by atoms with Crippen molar-refractivity contribution in [1.82, 2.24) is 0 Å². The number of rotatable bonds is 4. The van der Waals surface area contributed by atoms with E-state index in [0.717, 1.165) is 12.8 Å². The Bertz CT molecular complexity index is 226. The molecular weight excluding hydrogens is 182 g/mol. The van der Waals surface area contributed by atoms with Gasteiger partial charge in [0.1, 0.15) is 0 Å². The Morgan fingerprint density at radius 2 is 2.14 bits per heavy atom. The van der Waals surface area contributed by atoms with E-state index < -0.39 is 11.5 Å². The number of carbonyl (C=O) groups is 1. The van der Waals surface area contributed by atoms with Crippen LogP contribution in [0.1, 0.15) is 33.1 Å². The van der Waals surface area contributed by atoms with Gasteiger partial charge in [0, 0.05) is 18.1 Å². The van der Waals surface area contributed by atoms with Crippen molar-refractivity contribution in [1.29, 1.82) is 0 Å². The fourth-order valence-corrected chi connectivity index (χ4v) is 2.17. The number of carboxylic acids is 1. The lowest BCUT2D eigenvalue weighted by molar-refractivity contribution is -0.151. The maximum atomic E-state index is 10.8. The molecule has 4 nitrogen and oxygen atoms in total. The van der Waals surface area contributed by atoms with Crippen LogP contribution >= 0.6 is 0 Å². The molecule has 0 unspecified atom stereocenters. The summed E-state index contributed by atoms with van der Waals surface area (Å²) in [7, 11) is 1.65. The molecule has 0 aromatic rings. The van der Waals surface area contributed by atoms with Crippen molar-refractivity contribution in [2.24, 2.45) is 11.1 Å². The van der Waals surface area contributed by atoms with Gasteiger partial charge in [-0.15, -0.1) is 0 Å². The van der Waals surface area contributed by atoms with E-state index in [1.165, 1.54) is 0 Å². The van der Waals surface area contributed by atoms with Crippen LogP contribution in [0.3, 0.4) is 0 Å². The maximum Gasteiger partial charge on any atom is 0.303 e. The topological polar surface area (TPSA) is 72.5 Å². The fourth-order valence-electron chi connectivity index (χ4n) is 2.17. The van der Waals surface area contributed by atoms with Gasteiger partial charge in [0.25, 0.3) is 0 Å². The molecule has 1 saturated carbocycles. The number of hydrogen-bond donors (Lipinski definition) is 2. The van der Waals surface area contributed by atoms with E-state index in [1.807, 2.05) is 13.8 Å². The minimum Gasteiger partial charge on any atom is -0.481 e. The van der Waals surface area contributed by atoms with Gasteiger partial charge in [0.05, 0.1) is 12.5 Å². The third kappa shape index (κ3) is 1.91. The Kier molecular flexibility index (Phi) is 2.88. The SMILES string of the molecule is COC1CC(CC(=O)O)(C(C)(C)N)C1. The van der Waals surface area contributed by atoms with Gasteiger partial charge in [-0.05, 0) is 26.7 Å². The second-order valence-corrected chi connectivity index (χ2v) is 4.84. The number of carboxylic acid groups (broad SMARTS) is 1. The smallest absolute Gasteiger partial charge is 0.303 e. The van der Waals surface area contributed by atoms with E-state index in [9.17, 15) is 4.79 Å². The summed E-state index contributed by atoms with van der Waals surface area (Å²) in [4.78, 5) is 10.8. The highest BCUT2D eigenvalue weighted by molar-refractivity contribution is 5.68. The van der Waals surface area contributed by atoms with Crippen LogP contribution in [0.2, 0.25) is 0 Å². The molecule has 1 aliphatic carbocycles. The standard InChI is InChI=1S/C10H19NO3/c1-9(2,11)10(6-8(12)13)4-7(5-10)14-3/h7H,4-6,11H2,1-3H3,(H,12,13). The molecule has 0 spiro atoms. The minimum atomic E-state index is -0.780. The second-order valence-electron chi connectivity index (χ2n) is 4.84. The molecule has 3 N–H and O–H groups in total. The summed E-state index contributed by atoms with van der Waals surface area (Å²) >= 11 is 0. The zero-order chi connectivity index (χ0) is 11.0. The van der Waals surface area contributed by atoms with Crippen molar-refractivity contribution in [3.8, 4) is 0 Å². The van der Waals surface area contributed by atoms with Crippen LogP contribution in [0.15, 0.2) is 0 Å². The first kappa shape index (κ1) is 11.5. The van der Waals surface area contributed by atoms with E-state index in [0.29, 0.717) is 0 Å². The summed E-state index contributed by atoms with van der Waals surface area (Å²) in [5.74, 6) is -0.780. The molecule has 4 heteroatoms. The number of hydrogen-bond acceptors (Lipinski definition) is 3. The predicted molar refractivity (Wildman–Crippen MR) is 53.0 cm³/mol. The molecule has 0 aliphatic heterocycles. The van der Waals surface area contributed by atoms with Gasteiger partial charge in [-0.1, -0.05) is 0 Å². The molecule has 1 aliphatic rings. The van der Waals surface area contributed by atoms with Crippen molar-refractivity contribution in [2.45, 2.75) is 44.8 Å². The highest BCUT2D eigenvalue weighted by Crippen LogP contribution is 2.51. The Morgan fingerprint density at radius 1 is 1.64 bits per heavy atom. The van der Waals surface area contributed by atoms with Crippen LogP contribution < -0.4 is 5.73 Å². The van der Waals surface area contributed by atoms with E-state index in [4.69, 9.17) is 15.6 Å². The number of nitrogens with two attached hydrogens (primary N) is 1. The largest absolute Gasteiger partial charge is 0.481 e. The summed E-state index contributed by atoms with van der Waals surface area (Å²) < 4.78 is 5.17. The lowest BCUT2D eigenvalue weighted by Gasteiger charge is -2.54. The quantitative estimate of drug-likeness (QED) is 0.711. The lowest BCUT2D eigenvalue weighted by Crippen LogP contribution is -2.60. The number of methoxy groups -OCH3 is 1. The summed E-state index contributed by atoms with van der Waals surface area (Å²) in [6, 6.07) is 0. The van der Waals surface area contributed by atoms with Gasteiger partial charge in [-0.25, -0.2) is 0 Å². The van der Waals surface area contributed by atoms with Gasteiger partial charge < -0.3 is 15.6 Å². The van der Waals surface area contributed by atoms with Gasteiger partial charge >= 0.3 is 5.97 Å². The fraction of sp³-hybridized carbons (Fsp3) is 0.900. The average molecular weight is 201 g/mol. The third-order valence-electron chi connectivity index (χ3n) is 3.43. The van der Waals surface area contributed by atoms with Crippen LogP contribution in [-0.4, -0.2) is 29.8 Å². The Hall–Kier alpha value is -0.610. The molecule has 14 heavy (non-hydrogen) atoms. The van der Waals surface area contributed by atoms with Crippen molar-refractivity contribution in [3.05, 3.63) is 0 Å². The van der Waals surface area contributed by atoms with Gasteiger partial charge in [-0.2, -0.15) is 0 Å². The molecule has 0 atom stereocenters. The van der Waals surface area contributed by atoms with E-state index in [2.05, 4.69) is 0 Å². The molecule has 0 amide bonds. The molecular formula is C10H19NO3. The Balaban J connectivity index is 2.70. The van der Waals surface area contributed by atoms with Crippen LogP contribution in [0, 0.1) is 5.41 Å². The monoisotopic (exact) mass is 201 g/mol. The molecule has 82 valence electrons. The van der Waals surface area contributed by atoms with E-state index in [-0.39, 0.29) is 17.9 Å². The predicted octanol–water partition coefficient (Wildman–Crippen LogP) is 0.994. The summed E-state index contributed by atoms with van der Waals surface area (Å²) in [5, 5.41) is 8.84. The highest BCUT2D eigenvalue weighted by Gasteiger charge is 2.53. The van der Waals surface area contributed by atoms with E-state index in [1.54, 1.807) is 7.11 Å². The molecule has 0 bridgehead atoms. The average Bonchev–Trinajstić information content (AvgIpc) is 1.92. The van der Waals surface area contributed by atoms with Crippen molar-refractivity contribution < 1.29 is 14.6 Å². The zero-order valence-corrected chi connectivity index (χ0v) is 9.04. The lowest BCUT2D eigenvalue weighted by atomic mass is 9.55. The molecule has 0 aromatic carbocycles. The maximum absolute atomic E-state index is 10.8. The summed E-state index contributed by atoms with van der Waals surface area (Å²) in [5.41, 5.74) is 5.27. The summed E-state index contributed by atoms with van der Waals surface area (Å²) in [6.45, 7) is 3.78. The first-order chi connectivity index (χ1) is 6.31. The van der Waals surface area contributed by atoms with Crippen LogP contribution in [0.4, 0.5) is 0 Å². The second kappa shape index (κ2) is 3.51. The van der Waals surface area contributed by atoms with Crippen molar-refractivity contribution in [2.75, 3.05) is 7.11 Å². The molecule has 0 aromatic heterocycles. The van der Waals surface area contributed by atoms with Crippen LogP contribution in [0.5, 0.6) is 0 Å². The zero-order valence-electron chi connectivity index (χ0n) is 9.04. The molecule has 1 rings (SSSR count). The van der Waals surface area contributed by atoms with Crippen molar-refractivity contribution in [3.63, 3.8) is 0 Å². The number of aliphatic carboxylic acids is 1. The summed E-state index contributed by atoms with van der Waals surface area (Å²) in [6.07, 6.45) is 1.81. The first-order valence-electron chi connectivity index (χ1n) is 4.84. The van der Waals surface area contributed by atoms with E-state index >= 15 is 0 Å². The molecule has 0 radical (unpaired) electrons. The normalized spacial score (nSPS) is 32.4. The number of ether oxygens (including phenoxy) is 1.